The lowest BCUT2D eigenvalue weighted by Gasteiger charge is -2.13. The Balaban J connectivity index is 0.000000188. The van der Waals surface area contributed by atoms with E-state index in [9.17, 15) is 9.59 Å². The molecule has 0 spiro atoms. The Bertz CT molecular complexity index is 1810. The van der Waals surface area contributed by atoms with Gasteiger partial charge in [-0.05, 0) is 72.2 Å². The number of hydrogen-bond acceptors (Lipinski definition) is 6. The van der Waals surface area contributed by atoms with Crippen LogP contribution in [0, 0.1) is 0 Å². The number of esters is 2. The van der Waals surface area contributed by atoms with Crippen LogP contribution < -0.4 is 0 Å². The summed E-state index contributed by atoms with van der Waals surface area (Å²) in [6.45, 7) is 4.51. The van der Waals surface area contributed by atoms with Crippen molar-refractivity contribution >= 4 is 87.6 Å². The molecule has 2 aliphatic rings. The van der Waals surface area contributed by atoms with Crippen LogP contribution in [0.3, 0.4) is 0 Å². The largest absolute Gasteiger partial charge is 0.466 e. The van der Waals surface area contributed by atoms with Crippen LogP contribution in [0.1, 0.15) is 48.9 Å². The summed E-state index contributed by atoms with van der Waals surface area (Å²) in [4.78, 5) is 23.0. The highest BCUT2D eigenvalue weighted by Crippen LogP contribution is 2.41. The molecule has 4 aromatic rings. The molecule has 2 aliphatic carbocycles. The van der Waals surface area contributed by atoms with Crippen LogP contribution in [0.4, 0.5) is 0 Å². The number of carbonyl (C=O) groups is 2. The molecule has 0 bridgehead atoms. The number of rotatable bonds is 10. The smallest absolute Gasteiger partial charge is 0.306 e. The van der Waals surface area contributed by atoms with Crippen molar-refractivity contribution in [1.29, 1.82) is 0 Å². The number of ether oxygens (including phenoxy) is 2. The quantitative estimate of drug-likeness (QED) is 0.0984. The first-order valence-electron chi connectivity index (χ1n) is 16.1. The van der Waals surface area contributed by atoms with Gasteiger partial charge >= 0.3 is 11.9 Å². The van der Waals surface area contributed by atoms with Crippen LogP contribution in [-0.4, -0.2) is 36.7 Å². The fraction of sp³-hybridized carbons (Fsp3) is 0.250. The Labute approximate surface area is 317 Å². The number of halogens is 3. The standard InChI is InChI=1S/C20H19ClO2S.C15H10BrCl.C5H10O2S/c1-2-23-19(22)12-13-24-18-9-4-3-7-16(18)17-11-10-14-6-5-8-15(14)20(17)21;16-14-7-2-1-5-12(14)13-9-8-10-4-3-6-11(10)15(13)17;1-2-7-5(6)3-4-8/h3-5,7-11H,2,6,12-13H2,1H3;1-3,5-9H,4H2;8H,2-4H2,1H3. The second-order valence-electron chi connectivity index (χ2n) is 10.9. The summed E-state index contributed by atoms with van der Waals surface area (Å²) in [5, 5.41) is 1.66. The van der Waals surface area contributed by atoms with Gasteiger partial charge in [0, 0.05) is 32.0 Å². The van der Waals surface area contributed by atoms with Crippen molar-refractivity contribution in [3.63, 3.8) is 0 Å². The predicted molar refractivity (Wildman–Crippen MR) is 214 cm³/mol. The summed E-state index contributed by atoms with van der Waals surface area (Å²) in [6.07, 6.45) is 11.3. The summed E-state index contributed by atoms with van der Waals surface area (Å²) in [7, 11) is 0. The number of fused-ring (bicyclic) bond motifs is 2. The number of thioether (sulfide) groups is 1. The Morgan fingerprint density at radius 2 is 1.22 bits per heavy atom. The topological polar surface area (TPSA) is 52.6 Å². The lowest BCUT2D eigenvalue weighted by molar-refractivity contribution is -0.143. The van der Waals surface area contributed by atoms with E-state index in [1.54, 1.807) is 18.7 Å². The minimum Gasteiger partial charge on any atom is -0.466 e. The highest BCUT2D eigenvalue weighted by Gasteiger charge is 2.17. The zero-order chi connectivity index (χ0) is 35.2. The van der Waals surface area contributed by atoms with Gasteiger partial charge in [0.15, 0.2) is 0 Å². The molecule has 0 heterocycles. The van der Waals surface area contributed by atoms with Gasteiger partial charge in [-0.2, -0.15) is 12.6 Å². The minimum atomic E-state index is -0.164. The number of allylic oxidation sites excluding steroid dienone is 2. The molecule has 9 heteroatoms. The molecule has 0 saturated carbocycles. The molecule has 0 unspecified atom stereocenters. The molecule has 0 aliphatic heterocycles. The summed E-state index contributed by atoms with van der Waals surface area (Å²) < 4.78 is 10.7. The van der Waals surface area contributed by atoms with E-state index < -0.39 is 0 Å². The molecule has 0 fully saturated rings. The fourth-order valence-corrected chi connectivity index (χ4v) is 7.68. The molecular weight excluding hydrogens is 759 g/mol. The number of benzene rings is 4. The minimum absolute atomic E-state index is 0.150. The van der Waals surface area contributed by atoms with Crippen LogP contribution in [0.15, 0.2) is 94.3 Å². The summed E-state index contributed by atoms with van der Waals surface area (Å²) >= 11 is 22.2. The lowest BCUT2D eigenvalue weighted by Crippen LogP contribution is -2.04. The van der Waals surface area contributed by atoms with E-state index in [0.717, 1.165) is 60.1 Å². The first-order chi connectivity index (χ1) is 23.8. The van der Waals surface area contributed by atoms with E-state index in [1.807, 2.05) is 37.3 Å². The molecule has 0 aromatic heterocycles. The van der Waals surface area contributed by atoms with Crippen LogP contribution in [-0.2, 0) is 31.9 Å². The van der Waals surface area contributed by atoms with Crippen LogP contribution in [0.25, 0.3) is 34.4 Å². The number of thiol groups is 1. The van der Waals surface area contributed by atoms with E-state index in [-0.39, 0.29) is 11.9 Å². The van der Waals surface area contributed by atoms with Crippen molar-refractivity contribution < 1.29 is 19.1 Å². The molecule has 0 saturated heterocycles. The second-order valence-corrected chi connectivity index (χ2v) is 14.1. The van der Waals surface area contributed by atoms with E-state index in [1.165, 1.54) is 16.7 Å². The van der Waals surface area contributed by atoms with Crippen molar-refractivity contribution in [3.05, 3.63) is 122 Å². The molecule has 4 aromatic carbocycles. The first-order valence-corrected chi connectivity index (χ1v) is 19.3. The van der Waals surface area contributed by atoms with Crippen LogP contribution in [0.5, 0.6) is 0 Å². The highest BCUT2D eigenvalue weighted by molar-refractivity contribution is 9.10. The van der Waals surface area contributed by atoms with Crippen LogP contribution >= 0.6 is 63.5 Å². The van der Waals surface area contributed by atoms with Gasteiger partial charge in [-0.15, -0.1) is 11.8 Å². The van der Waals surface area contributed by atoms with E-state index in [4.69, 9.17) is 27.9 Å². The predicted octanol–water partition coefficient (Wildman–Crippen LogP) is 11.8. The Kier molecular flexibility index (Phi) is 15.9. The maximum atomic E-state index is 11.5. The van der Waals surface area contributed by atoms with Gasteiger partial charge in [-0.25, -0.2) is 0 Å². The molecule has 6 rings (SSSR count). The average molecular weight is 799 g/mol. The molecule has 0 amide bonds. The maximum Gasteiger partial charge on any atom is 0.306 e. The van der Waals surface area contributed by atoms with Gasteiger partial charge in [0.05, 0.1) is 36.1 Å². The van der Waals surface area contributed by atoms with Gasteiger partial charge in [-0.3, -0.25) is 9.59 Å². The summed E-state index contributed by atoms with van der Waals surface area (Å²) in [5.74, 6) is 0.947. The molecule has 0 N–H and O–H groups in total. The third-order valence-electron chi connectivity index (χ3n) is 7.62. The van der Waals surface area contributed by atoms with Crippen molar-refractivity contribution in [2.45, 2.75) is 44.4 Å². The zero-order valence-corrected chi connectivity index (χ0v) is 32.3. The molecule has 0 radical (unpaired) electrons. The highest BCUT2D eigenvalue weighted by atomic mass is 79.9. The van der Waals surface area contributed by atoms with Gasteiger partial charge in [0.1, 0.15) is 0 Å². The molecule has 4 nitrogen and oxygen atoms in total. The molecule has 49 heavy (non-hydrogen) atoms. The third kappa shape index (κ3) is 10.8. The number of hydrogen-bond donors (Lipinski definition) is 1. The normalized spacial score (nSPS) is 11.9. The SMILES string of the molecule is CCOC(=O)CCS.CCOC(=O)CCSc1ccccc1-c1ccc2c(c1Cl)C=CC2.Clc1c(-c2ccccc2Br)ccc2c1C=CC2. The van der Waals surface area contributed by atoms with E-state index in [2.05, 4.69) is 100 Å². The van der Waals surface area contributed by atoms with Crippen LogP contribution in [0.2, 0.25) is 10.0 Å². The fourth-order valence-electron chi connectivity index (χ4n) is 5.30. The van der Waals surface area contributed by atoms with Gasteiger partial charge in [-0.1, -0.05) is 124 Å². The second kappa shape index (κ2) is 20.0. The lowest BCUT2D eigenvalue weighted by atomic mass is 10.00. The average Bonchev–Trinajstić information content (AvgIpc) is 3.78. The van der Waals surface area contributed by atoms with Gasteiger partial charge in [0.25, 0.3) is 0 Å². The Morgan fingerprint density at radius 1 is 0.714 bits per heavy atom. The Hall–Kier alpha value is -2.94. The van der Waals surface area contributed by atoms with Crippen molar-refractivity contribution in [3.8, 4) is 22.3 Å². The maximum absolute atomic E-state index is 11.5. The van der Waals surface area contributed by atoms with Gasteiger partial charge in [0.2, 0.25) is 0 Å². The molecule has 256 valence electrons. The van der Waals surface area contributed by atoms with Gasteiger partial charge < -0.3 is 9.47 Å². The third-order valence-corrected chi connectivity index (χ3v) is 10.4. The summed E-state index contributed by atoms with van der Waals surface area (Å²) in [6, 6.07) is 24.9. The monoisotopic (exact) mass is 796 g/mol. The number of carbonyl (C=O) groups excluding carboxylic acids is 2. The van der Waals surface area contributed by atoms with Crippen molar-refractivity contribution in [2.75, 3.05) is 24.7 Å². The molecular formula is C40H39BrCl2O4S2. The first kappa shape index (κ1) is 38.9. The van der Waals surface area contributed by atoms with Crippen molar-refractivity contribution in [2.24, 2.45) is 0 Å². The Morgan fingerprint density at radius 3 is 1.78 bits per heavy atom. The zero-order valence-electron chi connectivity index (χ0n) is 27.5. The van der Waals surface area contributed by atoms with Crippen molar-refractivity contribution in [1.82, 2.24) is 0 Å². The molecule has 0 atom stereocenters. The summed E-state index contributed by atoms with van der Waals surface area (Å²) in [5.41, 5.74) is 9.26. The van der Waals surface area contributed by atoms with E-state index in [0.29, 0.717) is 37.6 Å². The van der Waals surface area contributed by atoms with E-state index >= 15 is 0 Å².